The molecule has 1 aromatic carbocycles. The van der Waals surface area contributed by atoms with Gasteiger partial charge in [0.05, 0.1) is 13.0 Å². The molecular formula is C16H19NO3. The molecule has 3 atom stereocenters. The summed E-state index contributed by atoms with van der Waals surface area (Å²) in [6.45, 7) is 1.85. The normalized spacial score (nSPS) is 25.4. The summed E-state index contributed by atoms with van der Waals surface area (Å²) in [5, 5.41) is 2.99. The molecule has 1 aromatic rings. The molecule has 4 heteroatoms. The molecule has 20 heavy (non-hydrogen) atoms. The maximum atomic E-state index is 12.0. The zero-order chi connectivity index (χ0) is 14.3. The zero-order valence-electron chi connectivity index (χ0n) is 11.8. The molecule has 1 saturated carbocycles. The third-order valence-electron chi connectivity index (χ3n) is 4.64. The van der Waals surface area contributed by atoms with Crippen molar-refractivity contribution in [3.63, 3.8) is 0 Å². The minimum atomic E-state index is -0.275. The van der Waals surface area contributed by atoms with Crippen LogP contribution in [0.25, 0.3) is 0 Å². The Balaban J connectivity index is 1.98. The van der Waals surface area contributed by atoms with Crippen molar-refractivity contribution in [3.8, 4) is 0 Å². The third-order valence-corrected chi connectivity index (χ3v) is 4.64. The largest absolute Gasteiger partial charge is 0.469 e. The van der Waals surface area contributed by atoms with Crippen molar-refractivity contribution in [1.82, 2.24) is 0 Å². The number of esters is 1. The number of ether oxygens (including phenoxy) is 1. The second-order valence-corrected chi connectivity index (χ2v) is 5.72. The molecule has 1 aliphatic heterocycles. The highest BCUT2D eigenvalue weighted by atomic mass is 16.5. The molecular weight excluding hydrogens is 254 g/mol. The maximum Gasteiger partial charge on any atom is 0.312 e. The van der Waals surface area contributed by atoms with E-state index in [1.165, 1.54) is 12.7 Å². The lowest BCUT2D eigenvalue weighted by molar-refractivity contribution is -0.142. The lowest BCUT2D eigenvalue weighted by atomic mass is 9.82. The summed E-state index contributed by atoms with van der Waals surface area (Å²) in [7, 11) is 1.41. The van der Waals surface area contributed by atoms with E-state index >= 15 is 0 Å². The number of benzene rings is 1. The number of amides is 1. The summed E-state index contributed by atoms with van der Waals surface area (Å²) in [6.07, 6.45) is 3.12. The molecule has 0 spiro atoms. The average molecular weight is 273 g/mol. The SMILES string of the molecule is COC(=O)C(C)c1ccc2c(c1)C1CCCC1C(=O)N2. The highest BCUT2D eigenvalue weighted by Gasteiger charge is 2.39. The highest BCUT2D eigenvalue weighted by Crippen LogP contribution is 2.46. The number of nitrogens with one attached hydrogen (secondary N) is 1. The Morgan fingerprint density at radius 2 is 2.10 bits per heavy atom. The number of methoxy groups -OCH3 is 1. The molecule has 0 radical (unpaired) electrons. The number of rotatable bonds is 2. The van der Waals surface area contributed by atoms with Crippen molar-refractivity contribution in [2.75, 3.05) is 12.4 Å². The van der Waals surface area contributed by atoms with Gasteiger partial charge in [0.2, 0.25) is 5.91 Å². The standard InChI is InChI=1S/C16H19NO3/c1-9(16(19)20-2)10-6-7-14-13(8-10)11-4-3-5-12(11)15(18)17-14/h6-9,11-12H,3-5H2,1-2H3,(H,17,18). The Morgan fingerprint density at radius 1 is 1.35 bits per heavy atom. The van der Waals surface area contributed by atoms with Crippen molar-refractivity contribution >= 4 is 17.6 Å². The Kier molecular flexibility index (Phi) is 3.24. The number of carbonyl (C=O) groups is 2. The van der Waals surface area contributed by atoms with Crippen LogP contribution in [0.15, 0.2) is 18.2 Å². The predicted octanol–water partition coefficient (Wildman–Crippen LogP) is 2.80. The summed E-state index contributed by atoms with van der Waals surface area (Å²) in [6, 6.07) is 5.88. The van der Waals surface area contributed by atoms with Gasteiger partial charge in [0.15, 0.2) is 0 Å². The highest BCUT2D eigenvalue weighted by molar-refractivity contribution is 5.97. The van der Waals surface area contributed by atoms with Crippen molar-refractivity contribution in [3.05, 3.63) is 29.3 Å². The van der Waals surface area contributed by atoms with Gasteiger partial charge in [-0.15, -0.1) is 0 Å². The van der Waals surface area contributed by atoms with E-state index in [2.05, 4.69) is 11.4 Å². The maximum absolute atomic E-state index is 12.0. The second-order valence-electron chi connectivity index (χ2n) is 5.72. The van der Waals surface area contributed by atoms with Crippen LogP contribution in [0, 0.1) is 5.92 Å². The van der Waals surface area contributed by atoms with Gasteiger partial charge in [-0.1, -0.05) is 18.6 Å². The number of fused-ring (bicyclic) bond motifs is 3. The monoisotopic (exact) mass is 273 g/mol. The van der Waals surface area contributed by atoms with Gasteiger partial charge in [0.1, 0.15) is 0 Å². The summed E-state index contributed by atoms with van der Waals surface area (Å²) in [4.78, 5) is 23.7. The quantitative estimate of drug-likeness (QED) is 0.843. The number of anilines is 1. The Morgan fingerprint density at radius 3 is 2.85 bits per heavy atom. The van der Waals surface area contributed by atoms with Crippen LogP contribution >= 0.6 is 0 Å². The Hall–Kier alpha value is -1.84. The first-order valence-electron chi connectivity index (χ1n) is 7.14. The summed E-state index contributed by atoms with van der Waals surface area (Å²) < 4.78 is 4.81. The van der Waals surface area contributed by atoms with Crippen molar-refractivity contribution in [2.45, 2.75) is 38.0 Å². The van der Waals surface area contributed by atoms with Crippen LogP contribution in [0.3, 0.4) is 0 Å². The van der Waals surface area contributed by atoms with Crippen molar-refractivity contribution in [2.24, 2.45) is 5.92 Å². The number of hydrogen-bond acceptors (Lipinski definition) is 3. The van der Waals surface area contributed by atoms with Gasteiger partial charge in [-0.25, -0.2) is 0 Å². The van der Waals surface area contributed by atoms with Crippen LogP contribution in [0.2, 0.25) is 0 Å². The van der Waals surface area contributed by atoms with Gasteiger partial charge in [-0.2, -0.15) is 0 Å². The molecule has 1 N–H and O–H groups in total. The molecule has 1 heterocycles. The van der Waals surface area contributed by atoms with E-state index in [0.29, 0.717) is 5.92 Å². The number of carbonyl (C=O) groups excluding carboxylic acids is 2. The summed E-state index contributed by atoms with van der Waals surface area (Å²) in [5.41, 5.74) is 3.04. The Labute approximate surface area is 118 Å². The van der Waals surface area contributed by atoms with E-state index < -0.39 is 0 Å². The van der Waals surface area contributed by atoms with Crippen LogP contribution in [0.1, 0.15) is 49.1 Å². The van der Waals surface area contributed by atoms with Crippen LogP contribution in [0.5, 0.6) is 0 Å². The van der Waals surface area contributed by atoms with Gasteiger partial charge in [-0.05, 0) is 42.9 Å². The molecule has 0 bridgehead atoms. The van der Waals surface area contributed by atoms with E-state index in [0.717, 1.165) is 30.5 Å². The molecule has 3 unspecified atom stereocenters. The minimum Gasteiger partial charge on any atom is -0.469 e. The molecule has 0 saturated heterocycles. The molecule has 1 amide bonds. The third kappa shape index (κ3) is 1.99. The zero-order valence-corrected chi connectivity index (χ0v) is 11.8. The van der Waals surface area contributed by atoms with Gasteiger partial charge in [0.25, 0.3) is 0 Å². The first-order chi connectivity index (χ1) is 9.61. The van der Waals surface area contributed by atoms with E-state index in [1.807, 2.05) is 19.1 Å². The van der Waals surface area contributed by atoms with Gasteiger partial charge in [-0.3, -0.25) is 9.59 Å². The molecule has 106 valence electrons. The van der Waals surface area contributed by atoms with E-state index in [4.69, 9.17) is 4.74 Å². The topological polar surface area (TPSA) is 55.4 Å². The fourth-order valence-corrected chi connectivity index (χ4v) is 3.46. The van der Waals surface area contributed by atoms with Crippen molar-refractivity contribution < 1.29 is 14.3 Å². The first-order valence-corrected chi connectivity index (χ1v) is 7.14. The average Bonchev–Trinajstić information content (AvgIpc) is 2.96. The molecule has 1 aliphatic carbocycles. The first kappa shape index (κ1) is 13.2. The summed E-state index contributed by atoms with van der Waals surface area (Å²) in [5.74, 6) is 0.0547. The fraction of sp³-hybridized carbons (Fsp3) is 0.500. The lowest BCUT2D eigenvalue weighted by Crippen LogP contribution is -2.30. The predicted molar refractivity (Wildman–Crippen MR) is 75.6 cm³/mol. The van der Waals surface area contributed by atoms with Crippen LogP contribution in [-0.2, 0) is 14.3 Å². The molecule has 4 nitrogen and oxygen atoms in total. The molecule has 1 fully saturated rings. The van der Waals surface area contributed by atoms with Crippen LogP contribution in [0.4, 0.5) is 5.69 Å². The smallest absolute Gasteiger partial charge is 0.312 e. The fourth-order valence-electron chi connectivity index (χ4n) is 3.46. The van der Waals surface area contributed by atoms with E-state index in [-0.39, 0.29) is 23.7 Å². The van der Waals surface area contributed by atoms with Crippen LogP contribution in [-0.4, -0.2) is 19.0 Å². The lowest BCUT2D eigenvalue weighted by Gasteiger charge is -2.29. The van der Waals surface area contributed by atoms with Crippen LogP contribution < -0.4 is 5.32 Å². The van der Waals surface area contributed by atoms with E-state index in [9.17, 15) is 9.59 Å². The summed E-state index contributed by atoms with van der Waals surface area (Å²) >= 11 is 0. The second kappa shape index (κ2) is 4.93. The van der Waals surface area contributed by atoms with Crippen molar-refractivity contribution in [1.29, 1.82) is 0 Å². The molecule has 0 aromatic heterocycles. The number of hydrogen-bond donors (Lipinski definition) is 1. The minimum absolute atomic E-state index is 0.103. The van der Waals surface area contributed by atoms with Gasteiger partial charge < -0.3 is 10.1 Å². The molecule has 3 rings (SSSR count). The van der Waals surface area contributed by atoms with Gasteiger partial charge in [0, 0.05) is 11.6 Å². The van der Waals surface area contributed by atoms with Gasteiger partial charge >= 0.3 is 5.97 Å². The van der Waals surface area contributed by atoms with E-state index in [1.54, 1.807) is 0 Å². The Bertz CT molecular complexity index is 567. The molecule has 2 aliphatic rings.